The molecular formula is C5H5ClN2O. The average molecular weight is 145 g/mol. The maximum absolute atomic E-state index is 6.55. The van der Waals surface area contributed by atoms with Crippen LogP contribution < -0.4 is 0 Å². The standard InChI is InChI=1S/C5H5ClN2O/c6-4-1-2-9-5(3-4)8-7/h1-3,5,7H. The highest BCUT2D eigenvalue weighted by molar-refractivity contribution is 6.31. The maximum Gasteiger partial charge on any atom is 0.228 e. The lowest BCUT2D eigenvalue weighted by atomic mass is 10.4. The van der Waals surface area contributed by atoms with E-state index in [2.05, 4.69) is 5.11 Å². The van der Waals surface area contributed by atoms with Crippen LogP contribution in [0.15, 0.2) is 28.6 Å². The molecule has 1 N–H and O–H groups in total. The Morgan fingerprint density at radius 2 is 2.56 bits per heavy atom. The highest BCUT2D eigenvalue weighted by atomic mass is 35.5. The third-order valence-corrected chi connectivity index (χ3v) is 1.13. The molecule has 0 fully saturated rings. The predicted octanol–water partition coefficient (Wildman–Crippen LogP) is 2.01. The number of allylic oxidation sites excluding steroid dienone is 2. The molecule has 9 heavy (non-hydrogen) atoms. The number of nitrogens with zero attached hydrogens (tertiary/aromatic N) is 1. The Kier molecular flexibility index (Phi) is 1.85. The summed E-state index contributed by atoms with van der Waals surface area (Å²) in [7, 11) is 0. The van der Waals surface area contributed by atoms with Gasteiger partial charge in [0.25, 0.3) is 0 Å². The molecule has 0 aromatic heterocycles. The second kappa shape index (κ2) is 2.64. The van der Waals surface area contributed by atoms with Gasteiger partial charge in [-0.1, -0.05) is 11.6 Å². The number of hydrogen-bond acceptors (Lipinski definition) is 3. The van der Waals surface area contributed by atoms with Gasteiger partial charge in [-0.05, 0) is 12.2 Å². The fraction of sp³-hybridized carbons (Fsp3) is 0.200. The van der Waals surface area contributed by atoms with Crippen LogP contribution in [0.4, 0.5) is 0 Å². The van der Waals surface area contributed by atoms with E-state index in [9.17, 15) is 0 Å². The zero-order valence-corrected chi connectivity index (χ0v) is 5.30. The molecule has 1 unspecified atom stereocenters. The Labute approximate surface area is 57.5 Å². The smallest absolute Gasteiger partial charge is 0.228 e. The summed E-state index contributed by atoms with van der Waals surface area (Å²) in [5.41, 5.74) is 6.55. The highest BCUT2D eigenvalue weighted by Crippen LogP contribution is 2.13. The van der Waals surface area contributed by atoms with Crippen molar-refractivity contribution in [2.45, 2.75) is 6.23 Å². The van der Waals surface area contributed by atoms with Crippen LogP contribution in [-0.4, -0.2) is 6.23 Å². The van der Waals surface area contributed by atoms with Gasteiger partial charge in [0.15, 0.2) is 0 Å². The first kappa shape index (κ1) is 6.29. The molecular weight excluding hydrogens is 140 g/mol. The van der Waals surface area contributed by atoms with Crippen LogP contribution in [0.5, 0.6) is 0 Å². The van der Waals surface area contributed by atoms with Crippen LogP contribution >= 0.6 is 11.6 Å². The molecule has 0 amide bonds. The minimum atomic E-state index is -0.525. The Morgan fingerprint density at radius 1 is 1.78 bits per heavy atom. The molecule has 48 valence electrons. The minimum Gasteiger partial charge on any atom is -0.471 e. The number of hydrogen-bond donors (Lipinski definition) is 1. The molecule has 0 aromatic carbocycles. The normalized spacial score (nSPS) is 24.6. The van der Waals surface area contributed by atoms with Crippen LogP contribution in [0.1, 0.15) is 0 Å². The maximum atomic E-state index is 6.55. The monoisotopic (exact) mass is 144 g/mol. The van der Waals surface area contributed by atoms with Gasteiger partial charge in [0.2, 0.25) is 6.23 Å². The van der Waals surface area contributed by atoms with Gasteiger partial charge >= 0.3 is 0 Å². The van der Waals surface area contributed by atoms with E-state index in [0.29, 0.717) is 5.03 Å². The van der Waals surface area contributed by atoms with Gasteiger partial charge in [-0.25, -0.2) is 5.53 Å². The van der Waals surface area contributed by atoms with Crippen LogP contribution in [0.3, 0.4) is 0 Å². The average Bonchev–Trinajstić information content (AvgIpc) is 1.88. The van der Waals surface area contributed by atoms with E-state index < -0.39 is 6.23 Å². The summed E-state index contributed by atoms with van der Waals surface area (Å²) in [6.07, 6.45) is 4.05. The van der Waals surface area contributed by atoms with Crippen molar-refractivity contribution in [1.29, 1.82) is 5.53 Å². The summed E-state index contributed by atoms with van der Waals surface area (Å²) in [5.74, 6) is 0. The van der Waals surface area contributed by atoms with Crippen molar-refractivity contribution < 1.29 is 4.74 Å². The van der Waals surface area contributed by atoms with Crippen molar-refractivity contribution in [3.63, 3.8) is 0 Å². The van der Waals surface area contributed by atoms with Gasteiger partial charge < -0.3 is 4.74 Å². The minimum absolute atomic E-state index is 0.525. The molecule has 1 heterocycles. The van der Waals surface area contributed by atoms with Crippen LogP contribution in [-0.2, 0) is 4.74 Å². The van der Waals surface area contributed by atoms with E-state index in [-0.39, 0.29) is 0 Å². The van der Waals surface area contributed by atoms with Crippen molar-refractivity contribution in [3.8, 4) is 0 Å². The van der Waals surface area contributed by atoms with E-state index in [1.54, 1.807) is 12.2 Å². The van der Waals surface area contributed by atoms with Crippen molar-refractivity contribution in [3.05, 3.63) is 23.4 Å². The van der Waals surface area contributed by atoms with Gasteiger partial charge in [-0.15, -0.1) is 5.11 Å². The predicted molar refractivity (Wildman–Crippen MR) is 33.1 cm³/mol. The van der Waals surface area contributed by atoms with Gasteiger partial charge in [0.05, 0.1) is 6.26 Å². The van der Waals surface area contributed by atoms with E-state index in [0.717, 1.165) is 0 Å². The quantitative estimate of drug-likeness (QED) is 0.563. The fourth-order valence-corrected chi connectivity index (χ4v) is 0.643. The lowest BCUT2D eigenvalue weighted by molar-refractivity contribution is 0.181. The number of halogens is 1. The summed E-state index contributed by atoms with van der Waals surface area (Å²) in [5, 5.41) is 3.67. The van der Waals surface area contributed by atoms with Gasteiger partial charge in [0, 0.05) is 5.03 Å². The summed E-state index contributed by atoms with van der Waals surface area (Å²) < 4.78 is 4.80. The Hall–Kier alpha value is -0.830. The van der Waals surface area contributed by atoms with Crippen LogP contribution in [0, 0.1) is 5.53 Å². The Balaban J connectivity index is 2.65. The molecule has 0 saturated heterocycles. The molecule has 4 heteroatoms. The second-order valence-corrected chi connectivity index (χ2v) is 1.95. The van der Waals surface area contributed by atoms with E-state index in [1.807, 2.05) is 0 Å². The molecule has 3 nitrogen and oxygen atoms in total. The molecule has 1 aliphatic rings. The van der Waals surface area contributed by atoms with Crippen LogP contribution in [0.25, 0.3) is 0 Å². The molecule has 0 saturated carbocycles. The fourth-order valence-electron chi connectivity index (χ4n) is 0.484. The number of nitrogens with one attached hydrogen (secondary N) is 1. The summed E-state index contributed by atoms with van der Waals surface area (Å²) >= 11 is 5.54. The highest BCUT2D eigenvalue weighted by Gasteiger charge is 2.04. The zero-order chi connectivity index (χ0) is 6.69. The molecule has 0 radical (unpaired) electrons. The number of ether oxygens (including phenoxy) is 1. The van der Waals surface area contributed by atoms with Gasteiger partial charge in [-0.3, -0.25) is 0 Å². The third-order valence-electron chi connectivity index (χ3n) is 0.874. The topological polar surface area (TPSA) is 45.4 Å². The lowest BCUT2D eigenvalue weighted by Crippen LogP contribution is -2.03. The van der Waals surface area contributed by atoms with Gasteiger partial charge in [-0.2, -0.15) is 0 Å². The largest absolute Gasteiger partial charge is 0.471 e. The Bertz CT molecular complexity index is 176. The SMILES string of the molecule is N=NC1C=C(Cl)C=CO1. The molecule has 1 atom stereocenters. The number of rotatable bonds is 1. The van der Waals surface area contributed by atoms with E-state index in [1.165, 1.54) is 6.26 Å². The lowest BCUT2D eigenvalue weighted by Gasteiger charge is -2.08. The van der Waals surface area contributed by atoms with Crippen molar-refractivity contribution in [2.75, 3.05) is 0 Å². The third kappa shape index (κ3) is 1.54. The van der Waals surface area contributed by atoms with Gasteiger partial charge in [0.1, 0.15) is 0 Å². The first-order valence-electron chi connectivity index (χ1n) is 2.39. The molecule has 1 rings (SSSR count). The molecule has 1 aliphatic heterocycles. The first-order chi connectivity index (χ1) is 4.33. The van der Waals surface area contributed by atoms with Crippen molar-refractivity contribution in [2.24, 2.45) is 5.11 Å². The van der Waals surface area contributed by atoms with Crippen molar-refractivity contribution in [1.82, 2.24) is 0 Å². The summed E-state index contributed by atoms with van der Waals surface area (Å²) in [4.78, 5) is 0. The summed E-state index contributed by atoms with van der Waals surface area (Å²) in [6, 6.07) is 0. The summed E-state index contributed by atoms with van der Waals surface area (Å²) in [6.45, 7) is 0. The van der Waals surface area contributed by atoms with Crippen LogP contribution in [0.2, 0.25) is 0 Å². The molecule has 0 aliphatic carbocycles. The zero-order valence-electron chi connectivity index (χ0n) is 4.54. The molecule has 0 spiro atoms. The second-order valence-electron chi connectivity index (χ2n) is 1.51. The van der Waals surface area contributed by atoms with E-state index in [4.69, 9.17) is 21.9 Å². The first-order valence-corrected chi connectivity index (χ1v) is 2.76. The Morgan fingerprint density at radius 3 is 3.00 bits per heavy atom. The van der Waals surface area contributed by atoms with E-state index >= 15 is 0 Å². The molecule has 0 bridgehead atoms. The van der Waals surface area contributed by atoms with Crippen molar-refractivity contribution >= 4 is 11.6 Å². The molecule has 0 aromatic rings.